The van der Waals surface area contributed by atoms with Gasteiger partial charge in [-0.25, -0.2) is 18.2 Å². The van der Waals surface area contributed by atoms with Crippen molar-refractivity contribution in [1.29, 1.82) is 0 Å². The van der Waals surface area contributed by atoms with E-state index in [0.29, 0.717) is 24.3 Å². The Hall–Kier alpha value is -2.52. The second-order valence-electron chi connectivity index (χ2n) is 6.88. The lowest BCUT2D eigenvalue weighted by atomic mass is 9.86. The van der Waals surface area contributed by atoms with Crippen LogP contribution in [-0.2, 0) is 9.67 Å². The molecule has 2 N–H and O–H groups in total. The van der Waals surface area contributed by atoms with Crippen LogP contribution in [0.2, 0.25) is 0 Å². The molecule has 2 aromatic rings. The van der Waals surface area contributed by atoms with Gasteiger partial charge in [-0.05, 0) is 49.4 Å². The lowest BCUT2D eigenvalue weighted by molar-refractivity contribution is -0.134. The summed E-state index contributed by atoms with van der Waals surface area (Å²) in [4.78, 5) is 11.4. The lowest BCUT2D eigenvalue weighted by Crippen LogP contribution is -2.51. The van der Waals surface area contributed by atoms with Crippen molar-refractivity contribution in [3.8, 4) is 5.75 Å². The summed E-state index contributed by atoms with van der Waals surface area (Å²) in [5, 5.41) is 5.69. The largest absolute Gasteiger partial charge is 0.493 e. The van der Waals surface area contributed by atoms with Crippen LogP contribution in [0.15, 0.2) is 41.5 Å². The first kappa shape index (κ1) is 19.8. The van der Waals surface area contributed by atoms with Crippen molar-refractivity contribution < 1.29 is 22.7 Å². The zero-order valence-corrected chi connectivity index (χ0v) is 16.3. The third kappa shape index (κ3) is 3.18. The van der Waals surface area contributed by atoms with E-state index in [0.717, 1.165) is 30.0 Å². The Bertz CT molecular complexity index is 1020. The topological polar surface area (TPSA) is 67.9 Å². The molecule has 0 saturated carbocycles. The number of nitrogens with two attached hydrogens (primary N) is 1. The number of amides is 1. The molecular formula is C20H18F3N3O2S. The molecule has 2 aliphatic rings. The molecule has 9 heteroatoms. The first-order chi connectivity index (χ1) is 13.9. The predicted molar refractivity (Wildman–Crippen MR) is 104 cm³/mol. The molecule has 2 heterocycles. The minimum Gasteiger partial charge on any atom is -0.493 e. The fourth-order valence-electron chi connectivity index (χ4n) is 3.79. The van der Waals surface area contributed by atoms with E-state index in [-0.39, 0.29) is 23.1 Å². The molecule has 0 bridgehead atoms. The second-order valence-corrected chi connectivity index (χ2v) is 8.10. The molecule has 0 aromatic heterocycles. The van der Waals surface area contributed by atoms with Crippen molar-refractivity contribution in [2.24, 2.45) is 16.8 Å². The van der Waals surface area contributed by atoms with Crippen molar-refractivity contribution in [1.82, 2.24) is 5.01 Å². The van der Waals surface area contributed by atoms with E-state index >= 15 is 0 Å². The number of hydrogen-bond donors (Lipinski definition) is 1. The number of nitrogens with zero attached hydrogens (tertiary/aromatic N) is 2. The molecule has 152 valence electrons. The van der Waals surface area contributed by atoms with Crippen LogP contribution in [0.4, 0.5) is 13.2 Å². The highest BCUT2D eigenvalue weighted by molar-refractivity contribution is 8.15. The van der Waals surface area contributed by atoms with Crippen molar-refractivity contribution >= 4 is 22.7 Å². The first-order valence-corrected chi connectivity index (χ1v) is 9.85. The highest BCUT2D eigenvalue weighted by Gasteiger charge is 2.56. The molecule has 2 unspecified atom stereocenters. The first-order valence-electron chi connectivity index (χ1n) is 9.03. The van der Waals surface area contributed by atoms with Crippen LogP contribution in [0.1, 0.15) is 24.5 Å². The molecule has 2 aliphatic heterocycles. The summed E-state index contributed by atoms with van der Waals surface area (Å²) >= 11 is 1.09. The molecule has 5 nitrogen and oxygen atoms in total. The average molecular weight is 421 g/mol. The van der Waals surface area contributed by atoms with Gasteiger partial charge in [0.15, 0.2) is 4.87 Å². The Morgan fingerprint density at radius 1 is 1.28 bits per heavy atom. The van der Waals surface area contributed by atoms with Gasteiger partial charge in [0, 0.05) is 24.0 Å². The van der Waals surface area contributed by atoms with E-state index in [2.05, 4.69) is 5.10 Å². The molecule has 2 atom stereocenters. The molecule has 1 amide bonds. The van der Waals surface area contributed by atoms with E-state index < -0.39 is 28.2 Å². The van der Waals surface area contributed by atoms with Gasteiger partial charge < -0.3 is 10.5 Å². The number of ether oxygens (including phenoxy) is 1. The summed E-state index contributed by atoms with van der Waals surface area (Å²) in [6, 6.07) is 7.09. The van der Waals surface area contributed by atoms with E-state index in [1.165, 1.54) is 30.1 Å². The maximum Gasteiger partial charge on any atom is 0.241 e. The van der Waals surface area contributed by atoms with Crippen LogP contribution in [-0.4, -0.2) is 29.1 Å². The van der Waals surface area contributed by atoms with Gasteiger partial charge in [0.2, 0.25) is 5.91 Å². The standard InChI is InChI=1S/C20H18F3N3O2S/c1-11(27)26-20(29-19(25-26)15-8-13(21)2-4-17(15)23)12(6-7-24)10-28-18-5-3-14(22)9-16(18)20/h2-5,8-9,12H,6-7,10,24H2,1H3. The monoisotopic (exact) mass is 421 g/mol. The lowest BCUT2D eigenvalue weighted by Gasteiger charge is -2.45. The number of hydrazone groups is 1. The van der Waals surface area contributed by atoms with Gasteiger partial charge in [0.05, 0.1) is 6.61 Å². The Morgan fingerprint density at radius 3 is 2.72 bits per heavy atom. The molecule has 29 heavy (non-hydrogen) atoms. The Labute approximate surface area is 169 Å². The number of carbonyl (C=O) groups excluding carboxylic acids is 1. The molecule has 4 rings (SSSR count). The van der Waals surface area contributed by atoms with Gasteiger partial charge in [-0.2, -0.15) is 5.10 Å². The van der Waals surface area contributed by atoms with Crippen LogP contribution in [0, 0.1) is 23.4 Å². The van der Waals surface area contributed by atoms with Crippen molar-refractivity contribution in [2.75, 3.05) is 13.2 Å². The Morgan fingerprint density at radius 2 is 2.00 bits per heavy atom. The Balaban J connectivity index is 1.91. The quantitative estimate of drug-likeness (QED) is 0.823. The molecule has 1 spiro atoms. The SMILES string of the molecule is CC(=O)N1N=C(c2cc(F)ccc2F)SC12c1cc(F)ccc1OCC2CCN. The van der Waals surface area contributed by atoms with Crippen LogP contribution in [0.5, 0.6) is 5.75 Å². The van der Waals surface area contributed by atoms with Gasteiger partial charge in [-0.3, -0.25) is 4.79 Å². The predicted octanol–water partition coefficient (Wildman–Crippen LogP) is 3.57. The fraction of sp³-hybridized carbons (Fsp3) is 0.300. The van der Waals surface area contributed by atoms with Gasteiger partial charge in [0.25, 0.3) is 0 Å². The van der Waals surface area contributed by atoms with Gasteiger partial charge >= 0.3 is 0 Å². The minimum absolute atomic E-state index is 0.0610. The maximum absolute atomic E-state index is 14.4. The molecule has 2 aromatic carbocycles. The number of fused-ring (bicyclic) bond motifs is 2. The normalized spacial score (nSPS) is 23.0. The van der Waals surface area contributed by atoms with E-state index in [1.807, 2.05) is 0 Å². The summed E-state index contributed by atoms with van der Waals surface area (Å²) in [5.74, 6) is -2.14. The second kappa shape index (κ2) is 7.38. The Kier molecular flexibility index (Phi) is 5.04. The number of rotatable bonds is 3. The fourth-order valence-corrected chi connectivity index (χ4v) is 5.35. The number of hydrogen-bond acceptors (Lipinski definition) is 5. The van der Waals surface area contributed by atoms with Crippen LogP contribution in [0.3, 0.4) is 0 Å². The number of benzene rings is 2. The summed E-state index contributed by atoms with van der Waals surface area (Å²) in [6.45, 7) is 1.85. The highest BCUT2D eigenvalue weighted by atomic mass is 32.2. The summed E-state index contributed by atoms with van der Waals surface area (Å²) < 4.78 is 48.2. The average Bonchev–Trinajstić information content (AvgIpc) is 3.08. The molecular weight excluding hydrogens is 403 g/mol. The third-order valence-corrected chi connectivity index (χ3v) is 6.58. The smallest absolute Gasteiger partial charge is 0.241 e. The van der Waals surface area contributed by atoms with Gasteiger partial charge in [0.1, 0.15) is 28.2 Å². The summed E-state index contributed by atoms with van der Waals surface area (Å²) in [6.07, 6.45) is 0.459. The maximum atomic E-state index is 14.4. The van der Waals surface area contributed by atoms with Crippen LogP contribution < -0.4 is 10.5 Å². The third-order valence-electron chi connectivity index (χ3n) is 5.05. The highest BCUT2D eigenvalue weighted by Crippen LogP contribution is 2.57. The molecule has 0 fully saturated rings. The summed E-state index contributed by atoms with van der Waals surface area (Å²) in [5.41, 5.74) is 6.14. The van der Waals surface area contributed by atoms with E-state index in [9.17, 15) is 18.0 Å². The van der Waals surface area contributed by atoms with E-state index in [1.54, 1.807) is 0 Å². The zero-order valence-electron chi connectivity index (χ0n) is 15.5. The van der Waals surface area contributed by atoms with Crippen LogP contribution >= 0.6 is 11.8 Å². The van der Waals surface area contributed by atoms with Crippen molar-refractivity contribution in [2.45, 2.75) is 18.2 Å². The number of halogens is 3. The number of carbonyl (C=O) groups is 1. The van der Waals surface area contributed by atoms with Crippen molar-refractivity contribution in [3.05, 3.63) is 65.0 Å². The minimum atomic E-state index is -1.17. The van der Waals surface area contributed by atoms with Gasteiger partial charge in [-0.1, -0.05) is 11.8 Å². The number of thioether (sulfide) groups is 1. The summed E-state index contributed by atoms with van der Waals surface area (Å²) in [7, 11) is 0. The van der Waals surface area contributed by atoms with E-state index in [4.69, 9.17) is 10.5 Å². The molecule has 0 saturated heterocycles. The van der Waals surface area contributed by atoms with Crippen LogP contribution in [0.25, 0.3) is 0 Å². The zero-order chi connectivity index (χ0) is 20.8. The van der Waals surface area contributed by atoms with Crippen molar-refractivity contribution in [3.63, 3.8) is 0 Å². The molecule has 0 radical (unpaired) electrons. The molecule has 0 aliphatic carbocycles. The van der Waals surface area contributed by atoms with Gasteiger partial charge in [-0.15, -0.1) is 0 Å².